The van der Waals surface area contributed by atoms with Crippen molar-refractivity contribution >= 4 is 29.1 Å². The number of hydrogen-bond acceptors (Lipinski definition) is 6. The van der Waals surface area contributed by atoms with Crippen LogP contribution in [0.15, 0.2) is 12.3 Å². The second-order valence-corrected chi connectivity index (χ2v) is 6.28. The molecule has 1 saturated heterocycles. The van der Waals surface area contributed by atoms with Crippen LogP contribution in [0.2, 0.25) is 5.02 Å². The summed E-state index contributed by atoms with van der Waals surface area (Å²) in [5.74, 6) is 0.522. The standard InChI is InChI=1S/C14H16ClN3O4/c1-22-13(19)14-4-2-3-9(14)7-17(8-14)12-11(15)5-10(6-16-12)18(20)21/h5-6,9H,2-4,7-8H2,1H3. The summed E-state index contributed by atoms with van der Waals surface area (Å²) in [5.41, 5.74) is -0.641. The first-order chi connectivity index (χ1) is 10.5. The Labute approximate surface area is 132 Å². The van der Waals surface area contributed by atoms with Gasteiger partial charge in [-0.1, -0.05) is 18.0 Å². The molecule has 1 aromatic rings. The largest absolute Gasteiger partial charge is 0.469 e. The maximum atomic E-state index is 12.2. The number of rotatable bonds is 3. The number of nitrogens with zero attached hydrogens (tertiary/aromatic N) is 3. The molecule has 1 saturated carbocycles. The molecule has 2 aliphatic rings. The van der Waals surface area contributed by atoms with E-state index in [4.69, 9.17) is 16.3 Å². The van der Waals surface area contributed by atoms with Crippen LogP contribution in [0, 0.1) is 21.4 Å². The van der Waals surface area contributed by atoms with Crippen molar-refractivity contribution in [3.8, 4) is 0 Å². The van der Waals surface area contributed by atoms with Crippen LogP contribution in [0.4, 0.5) is 11.5 Å². The number of fused-ring (bicyclic) bond motifs is 1. The zero-order chi connectivity index (χ0) is 15.9. The lowest BCUT2D eigenvalue weighted by molar-refractivity contribution is -0.385. The Hall–Kier alpha value is -1.89. The Balaban J connectivity index is 1.89. The predicted octanol–water partition coefficient (Wildman–Crippen LogP) is 2.42. The molecule has 2 heterocycles. The van der Waals surface area contributed by atoms with Crippen molar-refractivity contribution in [2.24, 2.45) is 11.3 Å². The van der Waals surface area contributed by atoms with Crippen molar-refractivity contribution < 1.29 is 14.5 Å². The molecular weight excluding hydrogens is 310 g/mol. The van der Waals surface area contributed by atoms with Crippen LogP contribution in [-0.4, -0.2) is 36.1 Å². The van der Waals surface area contributed by atoms with E-state index >= 15 is 0 Å². The fraction of sp³-hybridized carbons (Fsp3) is 0.571. The molecule has 2 atom stereocenters. The summed E-state index contributed by atoms with van der Waals surface area (Å²) in [5, 5.41) is 11.0. The van der Waals surface area contributed by atoms with E-state index in [2.05, 4.69) is 4.98 Å². The molecule has 8 heteroatoms. The number of aromatic nitrogens is 1. The van der Waals surface area contributed by atoms with Crippen LogP contribution in [-0.2, 0) is 9.53 Å². The molecular formula is C14H16ClN3O4. The minimum Gasteiger partial charge on any atom is -0.469 e. The molecule has 0 aromatic carbocycles. The molecule has 0 spiro atoms. The van der Waals surface area contributed by atoms with Gasteiger partial charge in [0.25, 0.3) is 5.69 Å². The van der Waals surface area contributed by atoms with Crippen LogP contribution in [0.3, 0.4) is 0 Å². The fourth-order valence-corrected chi connectivity index (χ4v) is 4.02. The summed E-state index contributed by atoms with van der Waals surface area (Å²) in [4.78, 5) is 28.5. The van der Waals surface area contributed by atoms with E-state index in [0.717, 1.165) is 19.3 Å². The quantitative estimate of drug-likeness (QED) is 0.482. The number of hydrogen-bond donors (Lipinski definition) is 0. The molecule has 3 rings (SSSR count). The number of carbonyl (C=O) groups is 1. The van der Waals surface area contributed by atoms with E-state index in [9.17, 15) is 14.9 Å². The summed E-state index contributed by atoms with van der Waals surface area (Å²) in [7, 11) is 1.41. The van der Waals surface area contributed by atoms with Gasteiger partial charge < -0.3 is 9.64 Å². The number of ether oxygens (including phenoxy) is 1. The molecule has 0 radical (unpaired) electrons. The van der Waals surface area contributed by atoms with Crippen molar-refractivity contribution in [3.63, 3.8) is 0 Å². The third-order valence-corrected chi connectivity index (χ3v) is 5.06. The van der Waals surface area contributed by atoms with Crippen LogP contribution < -0.4 is 4.90 Å². The van der Waals surface area contributed by atoms with Crippen LogP contribution in [0.1, 0.15) is 19.3 Å². The Bertz CT molecular complexity index is 639. The van der Waals surface area contributed by atoms with E-state index in [0.29, 0.717) is 18.9 Å². The van der Waals surface area contributed by atoms with Gasteiger partial charge in [-0.2, -0.15) is 0 Å². The van der Waals surface area contributed by atoms with Gasteiger partial charge in [0.2, 0.25) is 0 Å². The Kier molecular flexibility index (Phi) is 3.68. The van der Waals surface area contributed by atoms with Gasteiger partial charge in [-0.25, -0.2) is 4.98 Å². The Morgan fingerprint density at radius 3 is 3.05 bits per heavy atom. The highest BCUT2D eigenvalue weighted by atomic mass is 35.5. The molecule has 118 valence electrons. The number of halogens is 1. The average molecular weight is 326 g/mol. The summed E-state index contributed by atoms with van der Waals surface area (Å²) < 4.78 is 5.00. The number of anilines is 1. The Morgan fingerprint density at radius 2 is 2.41 bits per heavy atom. The molecule has 22 heavy (non-hydrogen) atoms. The van der Waals surface area contributed by atoms with Gasteiger partial charge in [0.15, 0.2) is 0 Å². The topological polar surface area (TPSA) is 85.6 Å². The van der Waals surface area contributed by atoms with Crippen molar-refractivity contribution in [3.05, 3.63) is 27.4 Å². The first kappa shape index (κ1) is 15.0. The maximum absolute atomic E-state index is 12.2. The smallest absolute Gasteiger partial charge is 0.313 e. The molecule has 1 aromatic heterocycles. The van der Waals surface area contributed by atoms with Crippen molar-refractivity contribution in [2.75, 3.05) is 25.1 Å². The summed E-state index contributed by atoms with van der Waals surface area (Å²) in [6.45, 7) is 1.16. The number of esters is 1. The molecule has 1 aliphatic heterocycles. The minimum atomic E-state index is -0.530. The van der Waals surface area contributed by atoms with Crippen LogP contribution >= 0.6 is 11.6 Å². The summed E-state index contributed by atoms with van der Waals surface area (Å²) in [6.07, 6.45) is 3.97. The zero-order valence-electron chi connectivity index (χ0n) is 12.1. The molecule has 2 fully saturated rings. The second kappa shape index (κ2) is 5.39. The van der Waals surface area contributed by atoms with Gasteiger partial charge in [-0.05, 0) is 18.8 Å². The van der Waals surface area contributed by atoms with Gasteiger partial charge in [-0.15, -0.1) is 0 Å². The van der Waals surface area contributed by atoms with E-state index in [1.807, 2.05) is 4.90 Å². The molecule has 0 amide bonds. The van der Waals surface area contributed by atoms with E-state index in [-0.39, 0.29) is 22.6 Å². The minimum absolute atomic E-state index is 0.143. The number of pyridine rings is 1. The maximum Gasteiger partial charge on any atom is 0.313 e. The number of nitro groups is 1. The number of methoxy groups -OCH3 is 1. The van der Waals surface area contributed by atoms with Gasteiger partial charge >= 0.3 is 5.97 Å². The van der Waals surface area contributed by atoms with Crippen LogP contribution in [0.5, 0.6) is 0 Å². The monoisotopic (exact) mass is 325 g/mol. The summed E-state index contributed by atoms with van der Waals surface area (Å²) in [6, 6.07) is 1.29. The van der Waals surface area contributed by atoms with Gasteiger partial charge in [0.1, 0.15) is 12.0 Å². The molecule has 2 unspecified atom stereocenters. The first-order valence-electron chi connectivity index (χ1n) is 7.11. The van der Waals surface area contributed by atoms with Crippen molar-refractivity contribution in [2.45, 2.75) is 19.3 Å². The van der Waals surface area contributed by atoms with Crippen molar-refractivity contribution in [1.29, 1.82) is 0 Å². The highest BCUT2D eigenvalue weighted by Gasteiger charge is 2.55. The lowest BCUT2D eigenvalue weighted by Gasteiger charge is -2.25. The van der Waals surface area contributed by atoms with Crippen LogP contribution in [0.25, 0.3) is 0 Å². The first-order valence-corrected chi connectivity index (χ1v) is 7.49. The van der Waals surface area contributed by atoms with Crippen molar-refractivity contribution in [1.82, 2.24) is 4.98 Å². The third-order valence-electron chi connectivity index (χ3n) is 4.78. The normalized spacial score (nSPS) is 26.8. The molecule has 0 bridgehead atoms. The molecule has 1 aliphatic carbocycles. The fourth-order valence-electron chi connectivity index (χ4n) is 3.74. The van der Waals surface area contributed by atoms with E-state index < -0.39 is 10.3 Å². The summed E-state index contributed by atoms with van der Waals surface area (Å²) >= 11 is 6.14. The molecule has 0 N–H and O–H groups in total. The van der Waals surface area contributed by atoms with E-state index in [1.165, 1.54) is 19.4 Å². The average Bonchev–Trinajstić information content (AvgIpc) is 3.03. The zero-order valence-corrected chi connectivity index (χ0v) is 12.9. The van der Waals surface area contributed by atoms with Gasteiger partial charge in [0, 0.05) is 19.2 Å². The third kappa shape index (κ3) is 2.20. The van der Waals surface area contributed by atoms with Gasteiger partial charge in [-0.3, -0.25) is 14.9 Å². The Morgan fingerprint density at radius 1 is 1.64 bits per heavy atom. The predicted molar refractivity (Wildman–Crippen MR) is 79.9 cm³/mol. The van der Waals surface area contributed by atoms with Gasteiger partial charge in [0.05, 0.1) is 22.5 Å². The van der Waals surface area contributed by atoms with E-state index in [1.54, 1.807) is 0 Å². The lowest BCUT2D eigenvalue weighted by atomic mass is 9.81. The highest BCUT2D eigenvalue weighted by molar-refractivity contribution is 6.33. The number of carbonyl (C=O) groups excluding carboxylic acids is 1. The lowest BCUT2D eigenvalue weighted by Crippen LogP contribution is -2.37. The second-order valence-electron chi connectivity index (χ2n) is 5.87. The SMILES string of the molecule is COC(=O)C12CCCC1CN(c1ncc([N+](=O)[O-])cc1Cl)C2. The molecule has 7 nitrogen and oxygen atoms in total. The highest BCUT2D eigenvalue weighted by Crippen LogP contribution is 2.50.